The van der Waals surface area contributed by atoms with Crippen LogP contribution in [0.5, 0.6) is 11.5 Å². The molecule has 1 aromatic carbocycles. The Kier molecular flexibility index (Phi) is 4.18. The Bertz CT molecular complexity index is 578. The fourth-order valence-corrected chi connectivity index (χ4v) is 2.99. The minimum absolute atomic E-state index is 0.00139. The monoisotopic (exact) mass is 305 g/mol. The predicted molar refractivity (Wildman–Crippen MR) is 77.5 cm³/mol. The molecule has 0 spiro atoms. The molecular weight excluding hydrogens is 286 g/mol. The van der Waals surface area contributed by atoms with Crippen LogP contribution in [0.3, 0.4) is 0 Å². The second kappa shape index (κ2) is 6.25. The summed E-state index contributed by atoms with van der Waals surface area (Å²) in [7, 11) is 0. The van der Waals surface area contributed by atoms with Gasteiger partial charge in [0.25, 0.3) is 0 Å². The summed E-state index contributed by atoms with van der Waals surface area (Å²) in [4.78, 5) is 23.1. The highest BCUT2D eigenvalue weighted by atomic mass is 16.7. The van der Waals surface area contributed by atoms with Gasteiger partial charge in [-0.05, 0) is 43.4 Å². The summed E-state index contributed by atoms with van der Waals surface area (Å²) < 4.78 is 10.6. The molecule has 2 N–H and O–H groups in total. The third-order valence-corrected chi connectivity index (χ3v) is 4.35. The molecule has 0 bridgehead atoms. The molecule has 1 saturated carbocycles. The molecule has 0 aromatic heterocycles. The van der Waals surface area contributed by atoms with Gasteiger partial charge in [0.05, 0.1) is 5.92 Å². The summed E-state index contributed by atoms with van der Waals surface area (Å²) >= 11 is 0. The van der Waals surface area contributed by atoms with Gasteiger partial charge in [0.15, 0.2) is 11.5 Å². The van der Waals surface area contributed by atoms with Crippen LogP contribution in [-0.4, -0.2) is 23.8 Å². The number of carboxylic acid groups (broad SMARTS) is 1. The summed E-state index contributed by atoms with van der Waals surface area (Å²) in [6, 6.07) is 5.60. The molecule has 6 heteroatoms. The zero-order valence-electron chi connectivity index (χ0n) is 12.2. The Hall–Kier alpha value is -2.24. The topological polar surface area (TPSA) is 84.9 Å². The summed E-state index contributed by atoms with van der Waals surface area (Å²) in [5.74, 6) is 0.305. The first-order chi connectivity index (χ1) is 10.6. The number of amides is 1. The maximum Gasteiger partial charge on any atom is 0.306 e. The number of ether oxygens (including phenoxy) is 2. The van der Waals surface area contributed by atoms with Gasteiger partial charge in [0.1, 0.15) is 0 Å². The zero-order chi connectivity index (χ0) is 15.5. The van der Waals surface area contributed by atoms with Crippen LogP contribution in [0.15, 0.2) is 18.2 Å². The smallest absolute Gasteiger partial charge is 0.306 e. The van der Waals surface area contributed by atoms with Gasteiger partial charge in [-0.2, -0.15) is 0 Å². The number of carboxylic acids is 1. The number of rotatable bonds is 4. The third kappa shape index (κ3) is 3.16. The van der Waals surface area contributed by atoms with Gasteiger partial charge in [0, 0.05) is 12.5 Å². The van der Waals surface area contributed by atoms with Gasteiger partial charge in [-0.3, -0.25) is 9.59 Å². The molecule has 6 nitrogen and oxygen atoms in total. The number of carbonyl (C=O) groups excluding carboxylic acids is 1. The Labute approximate surface area is 128 Å². The van der Waals surface area contributed by atoms with Crippen molar-refractivity contribution in [3.05, 3.63) is 23.8 Å². The maximum absolute atomic E-state index is 12.2. The quantitative estimate of drug-likeness (QED) is 0.887. The van der Waals surface area contributed by atoms with Crippen molar-refractivity contribution in [3.63, 3.8) is 0 Å². The minimum Gasteiger partial charge on any atom is -0.481 e. The molecule has 0 unspecified atom stereocenters. The molecule has 3 rings (SSSR count). The molecule has 22 heavy (non-hydrogen) atoms. The van der Waals surface area contributed by atoms with E-state index in [0.717, 1.165) is 11.3 Å². The molecule has 1 fully saturated rings. The number of benzene rings is 1. The number of nitrogens with one attached hydrogen (secondary N) is 1. The van der Waals surface area contributed by atoms with E-state index in [1.165, 1.54) is 0 Å². The van der Waals surface area contributed by atoms with E-state index in [1.807, 2.05) is 18.2 Å². The van der Waals surface area contributed by atoms with E-state index >= 15 is 0 Å². The molecule has 1 heterocycles. The fourth-order valence-electron chi connectivity index (χ4n) is 2.99. The number of hydrogen-bond donors (Lipinski definition) is 2. The van der Waals surface area contributed by atoms with E-state index < -0.39 is 5.97 Å². The lowest BCUT2D eigenvalue weighted by molar-refractivity contribution is -0.144. The fraction of sp³-hybridized carbons (Fsp3) is 0.500. The largest absolute Gasteiger partial charge is 0.481 e. The Morgan fingerprint density at radius 1 is 1.09 bits per heavy atom. The van der Waals surface area contributed by atoms with Crippen LogP contribution < -0.4 is 14.8 Å². The van der Waals surface area contributed by atoms with Crippen LogP contribution in [0.4, 0.5) is 0 Å². The zero-order valence-corrected chi connectivity index (χ0v) is 12.2. The van der Waals surface area contributed by atoms with E-state index in [-0.39, 0.29) is 24.5 Å². The van der Waals surface area contributed by atoms with Crippen molar-refractivity contribution in [3.8, 4) is 11.5 Å². The number of hydrogen-bond acceptors (Lipinski definition) is 4. The maximum atomic E-state index is 12.2. The lowest BCUT2D eigenvalue weighted by Crippen LogP contribution is -2.34. The van der Waals surface area contributed by atoms with Gasteiger partial charge in [-0.25, -0.2) is 0 Å². The number of aliphatic carboxylic acids is 1. The molecular formula is C16H19NO5. The number of carbonyl (C=O) groups is 2. The second-order valence-electron chi connectivity index (χ2n) is 5.79. The molecule has 1 amide bonds. The van der Waals surface area contributed by atoms with Crippen LogP contribution in [0.2, 0.25) is 0 Å². The predicted octanol–water partition coefficient (Wildman–Crippen LogP) is 1.92. The Morgan fingerprint density at radius 3 is 2.50 bits per heavy atom. The number of fused-ring (bicyclic) bond motifs is 1. The van der Waals surface area contributed by atoms with E-state index in [0.29, 0.717) is 38.0 Å². The normalized spacial score (nSPS) is 23.1. The standard InChI is InChI=1S/C16H19NO5/c18-15(11-2-4-12(5-3-11)16(19)20)17-8-10-1-6-13-14(7-10)22-9-21-13/h1,6-7,11-12H,2-5,8-9H2,(H,17,18)(H,19,20). The molecule has 1 aliphatic carbocycles. The minimum atomic E-state index is -0.751. The average Bonchev–Trinajstić information content (AvgIpc) is 3.00. The molecule has 0 atom stereocenters. The van der Waals surface area contributed by atoms with Crippen molar-refractivity contribution in [2.24, 2.45) is 11.8 Å². The van der Waals surface area contributed by atoms with Crippen molar-refractivity contribution < 1.29 is 24.2 Å². The first-order valence-corrected chi connectivity index (χ1v) is 7.52. The lowest BCUT2D eigenvalue weighted by Gasteiger charge is -2.25. The van der Waals surface area contributed by atoms with Crippen molar-refractivity contribution in [1.29, 1.82) is 0 Å². The Morgan fingerprint density at radius 2 is 1.77 bits per heavy atom. The highest BCUT2D eigenvalue weighted by Gasteiger charge is 2.29. The average molecular weight is 305 g/mol. The highest BCUT2D eigenvalue weighted by Crippen LogP contribution is 2.32. The van der Waals surface area contributed by atoms with Crippen molar-refractivity contribution in [2.75, 3.05) is 6.79 Å². The van der Waals surface area contributed by atoms with Crippen molar-refractivity contribution in [2.45, 2.75) is 32.2 Å². The van der Waals surface area contributed by atoms with Gasteiger partial charge >= 0.3 is 5.97 Å². The SMILES string of the molecule is O=C(O)C1CCC(C(=O)NCc2ccc3c(c2)OCO3)CC1. The van der Waals surface area contributed by atoms with Crippen LogP contribution in [0.25, 0.3) is 0 Å². The van der Waals surface area contributed by atoms with Crippen LogP contribution in [0, 0.1) is 11.8 Å². The lowest BCUT2D eigenvalue weighted by atomic mass is 9.81. The second-order valence-corrected chi connectivity index (χ2v) is 5.79. The van der Waals surface area contributed by atoms with Gasteiger partial charge in [-0.1, -0.05) is 6.07 Å². The Balaban J connectivity index is 1.49. The van der Waals surface area contributed by atoms with Crippen molar-refractivity contribution >= 4 is 11.9 Å². The van der Waals surface area contributed by atoms with Crippen LogP contribution >= 0.6 is 0 Å². The molecule has 1 aliphatic heterocycles. The first kappa shape index (κ1) is 14.7. The van der Waals surface area contributed by atoms with E-state index in [4.69, 9.17) is 14.6 Å². The van der Waals surface area contributed by atoms with E-state index in [1.54, 1.807) is 0 Å². The summed E-state index contributed by atoms with van der Waals surface area (Å²) in [6.07, 6.45) is 2.45. The molecule has 0 radical (unpaired) electrons. The molecule has 0 saturated heterocycles. The summed E-state index contributed by atoms with van der Waals surface area (Å²) in [5.41, 5.74) is 0.955. The third-order valence-electron chi connectivity index (χ3n) is 4.35. The van der Waals surface area contributed by atoms with E-state index in [9.17, 15) is 9.59 Å². The molecule has 118 valence electrons. The summed E-state index contributed by atoms with van der Waals surface area (Å²) in [6.45, 7) is 0.673. The molecule has 2 aliphatic rings. The van der Waals surface area contributed by atoms with Crippen LogP contribution in [-0.2, 0) is 16.1 Å². The summed E-state index contributed by atoms with van der Waals surface area (Å²) in [5, 5.41) is 11.9. The van der Waals surface area contributed by atoms with Gasteiger partial charge in [0.2, 0.25) is 12.7 Å². The van der Waals surface area contributed by atoms with Crippen molar-refractivity contribution in [1.82, 2.24) is 5.32 Å². The van der Waals surface area contributed by atoms with Gasteiger partial charge in [-0.15, -0.1) is 0 Å². The molecule has 1 aromatic rings. The first-order valence-electron chi connectivity index (χ1n) is 7.52. The highest BCUT2D eigenvalue weighted by molar-refractivity contribution is 5.79. The van der Waals surface area contributed by atoms with Gasteiger partial charge < -0.3 is 19.9 Å². The van der Waals surface area contributed by atoms with E-state index in [2.05, 4.69) is 5.32 Å². The van der Waals surface area contributed by atoms with Crippen LogP contribution in [0.1, 0.15) is 31.2 Å².